The average Bonchev–Trinajstić information content (AvgIpc) is 2.93. The number of carbonyl (C=O) groups excluding carboxylic acids is 2. The van der Waals surface area contributed by atoms with E-state index in [9.17, 15) is 9.59 Å². The van der Waals surface area contributed by atoms with Crippen LogP contribution in [0.25, 0.3) is 5.65 Å². The highest BCUT2D eigenvalue weighted by Gasteiger charge is 2.19. The van der Waals surface area contributed by atoms with Crippen molar-refractivity contribution >= 4 is 40.4 Å². The number of benzene rings is 1. The summed E-state index contributed by atoms with van der Waals surface area (Å²) in [4.78, 5) is 28.5. The number of nitrogens with one attached hydrogen (secondary N) is 2. The third-order valence-corrected chi connectivity index (χ3v) is 4.04. The maximum atomic E-state index is 12.9. The first kappa shape index (κ1) is 17.9. The van der Waals surface area contributed by atoms with Crippen molar-refractivity contribution in [2.45, 2.75) is 26.7 Å². The third-order valence-electron chi connectivity index (χ3n) is 3.82. The smallest absolute Gasteiger partial charge is 0.274 e. The van der Waals surface area contributed by atoms with E-state index in [4.69, 9.17) is 11.6 Å². The molecule has 2 N–H and O–H groups in total. The summed E-state index contributed by atoms with van der Waals surface area (Å²) in [5, 5.41) is 6.10. The van der Waals surface area contributed by atoms with Crippen LogP contribution in [0.15, 0.2) is 42.6 Å². The van der Waals surface area contributed by atoms with E-state index in [1.807, 2.05) is 6.92 Å². The quantitative estimate of drug-likeness (QED) is 0.708. The van der Waals surface area contributed by atoms with Gasteiger partial charge in [0, 0.05) is 24.5 Å². The van der Waals surface area contributed by atoms with Crippen LogP contribution >= 0.6 is 11.6 Å². The Bertz CT molecular complexity index is 964. The number of nitrogens with zero attached hydrogens (tertiary/aromatic N) is 2. The molecule has 3 rings (SSSR count). The molecule has 2 aromatic heterocycles. The average molecular weight is 371 g/mol. The Morgan fingerprint density at radius 3 is 2.35 bits per heavy atom. The minimum Gasteiger partial charge on any atom is -0.326 e. The molecule has 3 aromatic rings. The molecule has 0 saturated heterocycles. The lowest BCUT2D eigenvalue weighted by molar-refractivity contribution is -0.114. The summed E-state index contributed by atoms with van der Waals surface area (Å²) < 4.78 is 1.72. The van der Waals surface area contributed by atoms with E-state index in [0.29, 0.717) is 34.2 Å². The van der Waals surface area contributed by atoms with E-state index in [0.717, 1.165) is 12.1 Å². The van der Waals surface area contributed by atoms with Gasteiger partial charge in [0.2, 0.25) is 5.91 Å². The number of fused-ring (bicyclic) bond motifs is 1. The summed E-state index contributed by atoms with van der Waals surface area (Å²) in [6.07, 6.45) is 3.27. The molecular formula is C19H19ClN4O2. The molecule has 7 heteroatoms. The molecule has 26 heavy (non-hydrogen) atoms. The zero-order valence-corrected chi connectivity index (χ0v) is 15.3. The van der Waals surface area contributed by atoms with Gasteiger partial charge in [-0.2, -0.15) is 0 Å². The van der Waals surface area contributed by atoms with Crippen LogP contribution in [-0.2, 0) is 11.2 Å². The zero-order chi connectivity index (χ0) is 18.7. The highest BCUT2D eigenvalue weighted by Crippen LogP contribution is 2.20. The minimum atomic E-state index is -0.254. The molecule has 2 heterocycles. The first-order valence-corrected chi connectivity index (χ1v) is 8.71. The fourth-order valence-corrected chi connectivity index (χ4v) is 2.91. The van der Waals surface area contributed by atoms with Gasteiger partial charge in [0.15, 0.2) is 0 Å². The highest BCUT2D eigenvalue weighted by molar-refractivity contribution is 6.30. The fraction of sp³-hybridized carbons (Fsp3) is 0.211. The Kier molecular flexibility index (Phi) is 5.23. The van der Waals surface area contributed by atoms with Gasteiger partial charge in [-0.1, -0.05) is 24.9 Å². The van der Waals surface area contributed by atoms with Crippen LogP contribution in [0.4, 0.5) is 11.4 Å². The Hall–Kier alpha value is -2.86. The molecular weight excluding hydrogens is 352 g/mol. The van der Waals surface area contributed by atoms with Gasteiger partial charge in [-0.05, 0) is 42.8 Å². The number of hydrogen-bond donors (Lipinski definition) is 2. The van der Waals surface area contributed by atoms with Crippen molar-refractivity contribution in [3.8, 4) is 0 Å². The van der Waals surface area contributed by atoms with Gasteiger partial charge in [0.05, 0.1) is 10.7 Å². The van der Waals surface area contributed by atoms with Crippen LogP contribution in [-0.4, -0.2) is 21.2 Å². The summed E-state index contributed by atoms with van der Waals surface area (Å²) >= 11 is 6.09. The normalized spacial score (nSPS) is 10.7. The lowest BCUT2D eigenvalue weighted by atomic mass is 10.2. The van der Waals surface area contributed by atoms with Crippen molar-refractivity contribution in [2.24, 2.45) is 0 Å². The summed E-state index contributed by atoms with van der Waals surface area (Å²) in [6, 6.07) is 10.5. The number of halogens is 1. The molecule has 0 fully saturated rings. The van der Waals surface area contributed by atoms with Crippen LogP contribution in [0.5, 0.6) is 0 Å². The van der Waals surface area contributed by atoms with Gasteiger partial charge in [-0.3, -0.25) is 14.0 Å². The molecule has 0 aliphatic heterocycles. The first-order chi connectivity index (χ1) is 12.5. The van der Waals surface area contributed by atoms with Crippen LogP contribution in [0.3, 0.4) is 0 Å². The summed E-state index contributed by atoms with van der Waals surface area (Å²) in [5.74, 6) is -0.399. The topological polar surface area (TPSA) is 75.5 Å². The second kappa shape index (κ2) is 7.58. The zero-order valence-electron chi connectivity index (χ0n) is 14.5. The fourth-order valence-electron chi connectivity index (χ4n) is 2.75. The van der Waals surface area contributed by atoms with Gasteiger partial charge >= 0.3 is 0 Å². The SMILES string of the molecule is CCCc1nc2ccc(Cl)cn2c1C(=O)Nc1ccc(NC(C)=O)cc1. The van der Waals surface area contributed by atoms with Crippen LogP contribution < -0.4 is 10.6 Å². The molecule has 0 saturated carbocycles. The molecule has 0 bridgehead atoms. The van der Waals surface area contributed by atoms with E-state index in [-0.39, 0.29) is 11.8 Å². The second-order valence-electron chi connectivity index (χ2n) is 5.95. The van der Waals surface area contributed by atoms with E-state index in [1.165, 1.54) is 6.92 Å². The van der Waals surface area contributed by atoms with Crippen molar-refractivity contribution in [1.29, 1.82) is 0 Å². The lowest BCUT2D eigenvalue weighted by Gasteiger charge is -2.08. The van der Waals surface area contributed by atoms with Gasteiger partial charge in [0.1, 0.15) is 11.3 Å². The monoisotopic (exact) mass is 370 g/mol. The summed E-state index contributed by atoms with van der Waals surface area (Å²) in [5.41, 5.74) is 3.20. The van der Waals surface area contributed by atoms with Crippen molar-refractivity contribution in [2.75, 3.05) is 10.6 Å². The van der Waals surface area contributed by atoms with E-state index in [1.54, 1.807) is 47.0 Å². The molecule has 1 aromatic carbocycles. The molecule has 0 aliphatic carbocycles. The maximum absolute atomic E-state index is 12.9. The standard InChI is InChI=1S/C19H19ClN4O2/c1-3-4-16-18(24-11-13(20)5-10-17(24)23-16)19(26)22-15-8-6-14(7-9-15)21-12(2)25/h5-11H,3-4H2,1-2H3,(H,21,25)(H,22,26). The van der Waals surface area contributed by atoms with E-state index in [2.05, 4.69) is 15.6 Å². The Morgan fingerprint density at radius 2 is 1.73 bits per heavy atom. The summed E-state index contributed by atoms with van der Waals surface area (Å²) in [7, 11) is 0. The molecule has 0 radical (unpaired) electrons. The van der Waals surface area contributed by atoms with Gasteiger partial charge in [0.25, 0.3) is 5.91 Å². The summed E-state index contributed by atoms with van der Waals surface area (Å²) in [6.45, 7) is 3.49. The highest BCUT2D eigenvalue weighted by atomic mass is 35.5. The van der Waals surface area contributed by atoms with Crippen molar-refractivity contribution in [3.05, 3.63) is 59.0 Å². The molecule has 134 valence electrons. The molecule has 0 spiro atoms. The number of rotatable bonds is 5. The molecule has 0 aliphatic rings. The number of amides is 2. The number of imidazole rings is 1. The first-order valence-electron chi connectivity index (χ1n) is 8.33. The van der Waals surface area contributed by atoms with Crippen molar-refractivity contribution in [1.82, 2.24) is 9.38 Å². The van der Waals surface area contributed by atoms with Gasteiger partial charge in [-0.25, -0.2) is 4.98 Å². The number of carbonyl (C=O) groups is 2. The van der Waals surface area contributed by atoms with Crippen molar-refractivity contribution < 1.29 is 9.59 Å². The number of pyridine rings is 1. The van der Waals surface area contributed by atoms with E-state index < -0.39 is 0 Å². The molecule has 0 unspecified atom stereocenters. The number of hydrogen-bond acceptors (Lipinski definition) is 3. The molecule has 2 amide bonds. The predicted octanol–water partition coefficient (Wildman–Crippen LogP) is 4.15. The lowest BCUT2D eigenvalue weighted by Crippen LogP contribution is -2.16. The Balaban J connectivity index is 1.90. The molecule has 0 atom stereocenters. The Labute approximate surface area is 156 Å². The van der Waals surface area contributed by atoms with E-state index >= 15 is 0 Å². The largest absolute Gasteiger partial charge is 0.326 e. The predicted molar refractivity (Wildman–Crippen MR) is 103 cm³/mol. The van der Waals surface area contributed by atoms with Crippen LogP contribution in [0, 0.1) is 0 Å². The number of aromatic nitrogens is 2. The molecule has 6 nitrogen and oxygen atoms in total. The Morgan fingerprint density at radius 1 is 1.08 bits per heavy atom. The van der Waals surface area contributed by atoms with Crippen LogP contribution in [0.2, 0.25) is 5.02 Å². The maximum Gasteiger partial charge on any atom is 0.274 e. The van der Waals surface area contributed by atoms with Gasteiger partial charge in [-0.15, -0.1) is 0 Å². The second-order valence-corrected chi connectivity index (χ2v) is 6.38. The minimum absolute atomic E-state index is 0.145. The van der Waals surface area contributed by atoms with Crippen LogP contribution in [0.1, 0.15) is 36.5 Å². The van der Waals surface area contributed by atoms with Crippen molar-refractivity contribution in [3.63, 3.8) is 0 Å². The number of aryl methyl sites for hydroxylation is 1. The van der Waals surface area contributed by atoms with Gasteiger partial charge < -0.3 is 10.6 Å². The third kappa shape index (κ3) is 3.86. The number of anilines is 2.